The molecular weight excluding hydrogens is 459 g/mol. The maximum absolute atomic E-state index is 13.1. The summed E-state index contributed by atoms with van der Waals surface area (Å²) in [5, 5.41) is 13.4. The Morgan fingerprint density at radius 2 is 2.00 bits per heavy atom. The molecule has 0 atom stereocenters. The fourth-order valence-electron chi connectivity index (χ4n) is 4.12. The van der Waals surface area contributed by atoms with Gasteiger partial charge in [-0.05, 0) is 42.7 Å². The number of halogens is 1. The molecule has 1 aromatic carbocycles. The Labute approximate surface area is 198 Å². The molecule has 10 heteroatoms. The van der Waals surface area contributed by atoms with Gasteiger partial charge in [0, 0.05) is 24.2 Å². The van der Waals surface area contributed by atoms with Crippen LogP contribution in [-0.4, -0.2) is 31.4 Å². The number of benzene rings is 1. The number of aromatic nitrogens is 4. The number of pyridine rings is 1. The first-order valence-electron chi connectivity index (χ1n) is 10.8. The van der Waals surface area contributed by atoms with E-state index in [1.54, 1.807) is 18.3 Å². The number of amides is 1. The number of carbonyl (C=O) groups is 1. The normalized spacial score (nSPS) is 14.2. The zero-order valence-electron chi connectivity index (χ0n) is 17.8. The number of fused-ring (bicyclic) bond motifs is 1. The van der Waals surface area contributed by atoms with Crippen LogP contribution in [-0.2, 0) is 11.3 Å². The Kier molecular flexibility index (Phi) is 6.28. The summed E-state index contributed by atoms with van der Waals surface area (Å²) in [4.78, 5) is 18.6. The predicted octanol–water partition coefficient (Wildman–Crippen LogP) is 4.80. The topological polar surface area (TPSA) is 98.7 Å². The maximum atomic E-state index is 13.1. The number of nitrogens with one attached hydrogen (secondary N) is 1. The summed E-state index contributed by atoms with van der Waals surface area (Å²) in [5.74, 6) is 0.557. The molecule has 0 saturated heterocycles. The van der Waals surface area contributed by atoms with Gasteiger partial charge in [-0.1, -0.05) is 36.7 Å². The van der Waals surface area contributed by atoms with Crippen LogP contribution in [0.1, 0.15) is 37.3 Å². The van der Waals surface area contributed by atoms with Crippen LogP contribution in [0.25, 0.3) is 20.9 Å². The number of anilines is 1. The fraction of sp³-hybridized carbons (Fsp3) is 0.304. The molecule has 0 spiro atoms. The second-order valence-electron chi connectivity index (χ2n) is 8.01. The van der Waals surface area contributed by atoms with Gasteiger partial charge in [0.05, 0.1) is 16.3 Å². The van der Waals surface area contributed by atoms with E-state index in [0.29, 0.717) is 12.2 Å². The molecule has 1 aliphatic carbocycles. The lowest BCUT2D eigenvalue weighted by atomic mass is 10.2. The van der Waals surface area contributed by atoms with Gasteiger partial charge in [0.2, 0.25) is 5.91 Å². The molecule has 0 radical (unpaired) electrons. The molecule has 5 rings (SSSR count). The minimum Gasteiger partial charge on any atom is -0.397 e. The number of nitrogens with two attached hydrogens (primary N) is 1. The Morgan fingerprint density at radius 3 is 2.76 bits per heavy atom. The van der Waals surface area contributed by atoms with Gasteiger partial charge >= 0.3 is 0 Å². The third-order valence-electron chi connectivity index (χ3n) is 5.80. The van der Waals surface area contributed by atoms with Crippen molar-refractivity contribution >= 4 is 44.9 Å². The number of hydrogen-bond acceptors (Lipinski definition) is 7. The van der Waals surface area contributed by atoms with Crippen molar-refractivity contribution < 1.29 is 9.18 Å². The van der Waals surface area contributed by atoms with Crippen molar-refractivity contribution in [1.29, 1.82) is 0 Å². The number of nitrogen functional groups attached to an aromatic ring is 1. The summed E-state index contributed by atoms with van der Waals surface area (Å²) in [6, 6.07) is 10.2. The van der Waals surface area contributed by atoms with E-state index in [1.807, 2.05) is 12.1 Å². The molecule has 0 unspecified atom stereocenters. The van der Waals surface area contributed by atoms with Crippen LogP contribution in [0.2, 0.25) is 0 Å². The number of carbonyl (C=O) groups excluding carboxylic acids is 1. The minimum absolute atomic E-state index is 0.113. The van der Waals surface area contributed by atoms with Gasteiger partial charge in [-0.2, -0.15) is 0 Å². The average Bonchev–Trinajstić information content (AvgIpc) is 3.56. The van der Waals surface area contributed by atoms with Gasteiger partial charge in [0.15, 0.2) is 11.0 Å². The summed E-state index contributed by atoms with van der Waals surface area (Å²) >= 11 is 2.89. The number of nitrogens with zero attached hydrogens (tertiary/aromatic N) is 4. The highest BCUT2D eigenvalue weighted by atomic mass is 32.2. The van der Waals surface area contributed by atoms with Crippen molar-refractivity contribution in [2.45, 2.75) is 43.4 Å². The van der Waals surface area contributed by atoms with Crippen molar-refractivity contribution in [2.75, 3.05) is 11.5 Å². The van der Waals surface area contributed by atoms with Gasteiger partial charge in [-0.15, -0.1) is 21.5 Å². The lowest BCUT2D eigenvalue weighted by Gasteiger charge is -2.16. The first-order valence-corrected chi connectivity index (χ1v) is 12.6. The van der Waals surface area contributed by atoms with Crippen LogP contribution in [0.4, 0.5) is 10.1 Å². The lowest BCUT2D eigenvalue weighted by molar-refractivity contribution is -0.118. The molecule has 3 aromatic heterocycles. The standard InChI is InChI=1S/C23H23FN6OS2/c24-15-9-7-14(8-10-15)12-27-18(31)13-32-23-29-28-21(30(23)16-4-1-2-5-16)20-19(25)17-6-3-11-26-22(17)33-20/h3,6-11,16H,1-2,4-5,12-13,25H2,(H,27,31). The number of hydrogen-bond donors (Lipinski definition) is 2. The average molecular weight is 483 g/mol. The van der Waals surface area contributed by atoms with Crippen molar-refractivity contribution in [3.8, 4) is 10.7 Å². The SMILES string of the molecule is Nc1c(-c2nnc(SCC(=O)NCc3ccc(F)cc3)n2C2CCCC2)sc2ncccc12. The summed E-state index contributed by atoms with van der Waals surface area (Å²) in [6.07, 6.45) is 6.19. The summed E-state index contributed by atoms with van der Waals surface area (Å²) in [5.41, 5.74) is 7.99. The van der Waals surface area contributed by atoms with E-state index in [2.05, 4.69) is 25.1 Å². The van der Waals surface area contributed by atoms with Gasteiger partial charge in [-0.3, -0.25) is 9.36 Å². The molecule has 4 aromatic rings. The van der Waals surface area contributed by atoms with Gasteiger partial charge < -0.3 is 11.1 Å². The Morgan fingerprint density at radius 1 is 1.21 bits per heavy atom. The number of rotatable bonds is 7. The van der Waals surface area contributed by atoms with Gasteiger partial charge in [-0.25, -0.2) is 9.37 Å². The second-order valence-corrected chi connectivity index (χ2v) is 9.95. The minimum atomic E-state index is -0.294. The van der Waals surface area contributed by atoms with Crippen LogP contribution in [0.3, 0.4) is 0 Å². The van der Waals surface area contributed by atoms with Crippen LogP contribution in [0, 0.1) is 5.82 Å². The van der Waals surface area contributed by atoms with Gasteiger partial charge in [0.25, 0.3) is 0 Å². The number of thioether (sulfide) groups is 1. The highest BCUT2D eigenvalue weighted by Gasteiger charge is 2.27. The van der Waals surface area contributed by atoms with Crippen molar-refractivity contribution in [3.05, 3.63) is 54.0 Å². The molecule has 1 saturated carbocycles. The zero-order chi connectivity index (χ0) is 22.8. The first kappa shape index (κ1) is 21.8. The molecule has 0 bridgehead atoms. The van der Waals surface area contributed by atoms with E-state index < -0.39 is 0 Å². The molecule has 170 valence electrons. The predicted molar refractivity (Wildman–Crippen MR) is 130 cm³/mol. The van der Waals surface area contributed by atoms with Crippen LogP contribution in [0.15, 0.2) is 47.8 Å². The van der Waals surface area contributed by atoms with E-state index in [4.69, 9.17) is 5.73 Å². The summed E-state index contributed by atoms with van der Waals surface area (Å²) < 4.78 is 15.2. The van der Waals surface area contributed by atoms with Crippen molar-refractivity contribution in [1.82, 2.24) is 25.1 Å². The molecule has 7 nitrogen and oxygen atoms in total. The molecule has 1 aliphatic rings. The van der Waals surface area contributed by atoms with Gasteiger partial charge in [0.1, 0.15) is 10.6 Å². The van der Waals surface area contributed by atoms with Crippen LogP contribution < -0.4 is 11.1 Å². The van der Waals surface area contributed by atoms with E-state index in [0.717, 1.165) is 57.3 Å². The number of thiophene rings is 1. The summed E-state index contributed by atoms with van der Waals surface area (Å²) in [6.45, 7) is 0.353. The molecule has 33 heavy (non-hydrogen) atoms. The van der Waals surface area contributed by atoms with E-state index in [-0.39, 0.29) is 23.5 Å². The molecule has 0 aliphatic heterocycles. The third-order valence-corrected chi connectivity index (χ3v) is 7.87. The van der Waals surface area contributed by atoms with Crippen molar-refractivity contribution in [3.63, 3.8) is 0 Å². The molecule has 3 N–H and O–H groups in total. The van der Waals surface area contributed by atoms with Crippen LogP contribution >= 0.6 is 23.1 Å². The monoisotopic (exact) mass is 482 g/mol. The highest BCUT2D eigenvalue weighted by Crippen LogP contribution is 2.43. The molecule has 1 fully saturated rings. The Balaban J connectivity index is 1.35. The van der Waals surface area contributed by atoms with E-state index >= 15 is 0 Å². The second kappa shape index (κ2) is 9.48. The smallest absolute Gasteiger partial charge is 0.230 e. The Bertz CT molecular complexity index is 1280. The lowest BCUT2D eigenvalue weighted by Crippen LogP contribution is -2.24. The maximum Gasteiger partial charge on any atom is 0.230 e. The van der Waals surface area contributed by atoms with E-state index in [9.17, 15) is 9.18 Å². The molecule has 1 amide bonds. The first-order chi connectivity index (χ1) is 16.1. The van der Waals surface area contributed by atoms with E-state index in [1.165, 1.54) is 35.2 Å². The third kappa shape index (κ3) is 4.58. The highest BCUT2D eigenvalue weighted by molar-refractivity contribution is 7.99. The largest absolute Gasteiger partial charge is 0.397 e. The zero-order valence-corrected chi connectivity index (χ0v) is 19.5. The molecular formula is C23H23FN6OS2. The fourth-order valence-corrected chi connectivity index (χ4v) is 6.00. The van der Waals surface area contributed by atoms with Crippen molar-refractivity contribution in [2.24, 2.45) is 0 Å². The molecule has 3 heterocycles. The quantitative estimate of drug-likeness (QED) is 0.367. The Hall–Kier alpha value is -2.98. The summed E-state index contributed by atoms with van der Waals surface area (Å²) in [7, 11) is 0. The van der Waals surface area contributed by atoms with Crippen LogP contribution in [0.5, 0.6) is 0 Å².